The second kappa shape index (κ2) is 6.42. The van der Waals surface area contributed by atoms with Crippen LogP contribution in [-0.2, 0) is 9.53 Å². The van der Waals surface area contributed by atoms with Gasteiger partial charge >= 0.3 is 5.97 Å². The van der Waals surface area contributed by atoms with E-state index < -0.39 is 41.7 Å². The molecule has 0 aromatic rings. The number of allylic oxidation sites excluding steroid dienone is 1. The van der Waals surface area contributed by atoms with Crippen LogP contribution in [0, 0.1) is 16.7 Å². The molecule has 0 amide bonds. The maximum atomic E-state index is 13.2. The summed E-state index contributed by atoms with van der Waals surface area (Å²) in [6, 6.07) is 0. The molecule has 0 bridgehead atoms. The van der Waals surface area contributed by atoms with E-state index in [1.165, 1.54) is 19.9 Å². The van der Waals surface area contributed by atoms with Crippen LogP contribution in [0.4, 0.5) is 17.6 Å². The number of rotatable bonds is 7. The molecule has 1 fully saturated rings. The first-order valence-corrected chi connectivity index (χ1v) is 7.14. The zero-order chi connectivity index (χ0) is 17.3. The lowest BCUT2D eigenvalue weighted by Gasteiger charge is -2.18. The van der Waals surface area contributed by atoms with Gasteiger partial charge in [-0.25, -0.2) is 17.6 Å². The lowest BCUT2D eigenvalue weighted by atomic mass is 9.97. The third-order valence-corrected chi connectivity index (χ3v) is 4.62. The minimum Gasteiger partial charge on any atom is -0.453 e. The number of halogens is 4. The molecule has 1 rings (SSSR count). The topological polar surface area (TPSA) is 26.3 Å². The summed E-state index contributed by atoms with van der Waals surface area (Å²) in [7, 11) is 0. The Balaban J connectivity index is 2.99. The summed E-state index contributed by atoms with van der Waals surface area (Å²) >= 11 is 0. The summed E-state index contributed by atoms with van der Waals surface area (Å²) in [4.78, 5) is 12.2. The Morgan fingerprint density at radius 3 is 2.09 bits per heavy atom. The molecule has 0 aromatic heterocycles. The minimum absolute atomic E-state index is 0.684. The summed E-state index contributed by atoms with van der Waals surface area (Å²) in [6.07, 6.45) is -3.55. The van der Waals surface area contributed by atoms with Crippen LogP contribution in [0.15, 0.2) is 24.3 Å². The van der Waals surface area contributed by atoms with Crippen LogP contribution in [-0.4, -0.2) is 24.9 Å². The van der Waals surface area contributed by atoms with Gasteiger partial charge in [0, 0.05) is 0 Å². The minimum atomic E-state index is -3.30. The third-order valence-electron chi connectivity index (χ3n) is 4.62. The number of carbonyl (C=O) groups is 1. The molecular formula is C16H22F4O2. The zero-order valence-corrected chi connectivity index (χ0v) is 13.2. The van der Waals surface area contributed by atoms with Gasteiger partial charge in [0.25, 0.3) is 12.9 Å². The average molecular weight is 322 g/mol. The Morgan fingerprint density at radius 2 is 1.77 bits per heavy atom. The van der Waals surface area contributed by atoms with Crippen molar-refractivity contribution in [1.29, 1.82) is 0 Å². The Labute approximate surface area is 128 Å². The van der Waals surface area contributed by atoms with Crippen molar-refractivity contribution < 1.29 is 27.1 Å². The van der Waals surface area contributed by atoms with E-state index in [4.69, 9.17) is 4.74 Å². The molecule has 0 N–H and O–H groups in total. The molecule has 2 nitrogen and oxygen atoms in total. The van der Waals surface area contributed by atoms with Gasteiger partial charge in [-0.1, -0.05) is 33.4 Å². The molecular weight excluding hydrogens is 300 g/mol. The SMILES string of the molecule is C=CC(OC(=O)C1C(C)(C)C1(C(F)F)C(F)F)C(C)=CCC. The molecule has 22 heavy (non-hydrogen) atoms. The largest absolute Gasteiger partial charge is 0.453 e. The maximum absolute atomic E-state index is 13.2. The molecule has 2 unspecified atom stereocenters. The molecule has 0 saturated heterocycles. The Hall–Kier alpha value is -1.33. The van der Waals surface area contributed by atoms with E-state index in [0.29, 0.717) is 12.0 Å². The Bertz CT molecular complexity index is 461. The van der Waals surface area contributed by atoms with Crippen LogP contribution in [0.2, 0.25) is 0 Å². The van der Waals surface area contributed by atoms with Crippen molar-refractivity contribution in [2.45, 2.75) is 53.1 Å². The van der Waals surface area contributed by atoms with Gasteiger partial charge in [-0.05, 0) is 30.4 Å². The lowest BCUT2D eigenvalue weighted by Crippen LogP contribution is -2.30. The standard InChI is InChI=1S/C16H22F4O2/c1-6-8-9(3)10(7-2)22-12(21)11-15(4,5)16(11,13(17)18)14(19)20/h7-8,10-11,13-14H,2,6H2,1,3-5H3. The number of carbonyl (C=O) groups excluding carboxylic acids is 1. The van der Waals surface area contributed by atoms with Crippen molar-refractivity contribution >= 4 is 5.97 Å². The summed E-state index contributed by atoms with van der Waals surface area (Å²) in [5.41, 5.74) is -3.47. The zero-order valence-electron chi connectivity index (χ0n) is 13.2. The molecule has 0 aromatic carbocycles. The summed E-state index contributed by atoms with van der Waals surface area (Å²) in [5, 5.41) is 0. The molecule has 2 atom stereocenters. The van der Waals surface area contributed by atoms with Gasteiger partial charge in [0.1, 0.15) is 11.5 Å². The fraction of sp³-hybridized carbons (Fsp3) is 0.688. The monoisotopic (exact) mass is 322 g/mol. The molecule has 0 aliphatic heterocycles. The van der Waals surface area contributed by atoms with Crippen molar-refractivity contribution in [3.05, 3.63) is 24.3 Å². The second-order valence-electron chi connectivity index (χ2n) is 6.14. The number of esters is 1. The molecule has 126 valence electrons. The molecule has 1 saturated carbocycles. The fourth-order valence-corrected chi connectivity index (χ4v) is 3.19. The van der Waals surface area contributed by atoms with Gasteiger partial charge in [0.05, 0.1) is 5.92 Å². The number of hydrogen-bond acceptors (Lipinski definition) is 2. The molecule has 0 radical (unpaired) electrons. The van der Waals surface area contributed by atoms with Crippen molar-refractivity contribution in [3.8, 4) is 0 Å². The Kier molecular flexibility index (Phi) is 5.47. The first-order chi connectivity index (χ1) is 10.1. The molecule has 0 spiro atoms. The predicted octanol–water partition coefficient (Wildman–Crippen LogP) is 4.61. The van der Waals surface area contributed by atoms with Crippen molar-refractivity contribution in [2.24, 2.45) is 16.7 Å². The van der Waals surface area contributed by atoms with Gasteiger partial charge in [0.15, 0.2) is 0 Å². The first kappa shape index (κ1) is 18.7. The van der Waals surface area contributed by atoms with Crippen LogP contribution in [0.1, 0.15) is 34.1 Å². The smallest absolute Gasteiger partial charge is 0.311 e. The molecule has 6 heteroatoms. The van der Waals surface area contributed by atoms with Crippen molar-refractivity contribution in [1.82, 2.24) is 0 Å². The number of ether oxygens (including phenoxy) is 1. The quantitative estimate of drug-likeness (QED) is 0.388. The number of alkyl halides is 4. The van der Waals surface area contributed by atoms with Crippen LogP contribution in [0.5, 0.6) is 0 Å². The summed E-state index contributed by atoms with van der Waals surface area (Å²) in [6.45, 7) is 9.60. The lowest BCUT2D eigenvalue weighted by molar-refractivity contribution is -0.152. The van der Waals surface area contributed by atoms with Crippen LogP contribution >= 0.6 is 0 Å². The van der Waals surface area contributed by atoms with Crippen molar-refractivity contribution in [3.63, 3.8) is 0 Å². The van der Waals surface area contributed by atoms with Crippen LogP contribution < -0.4 is 0 Å². The predicted molar refractivity (Wildman–Crippen MR) is 75.8 cm³/mol. The van der Waals surface area contributed by atoms with Gasteiger partial charge in [-0.3, -0.25) is 4.79 Å². The van der Waals surface area contributed by atoms with E-state index in [1.807, 2.05) is 6.92 Å². The van der Waals surface area contributed by atoms with Crippen LogP contribution in [0.3, 0.4) is 0 Å². The Morgan fingerprint density at radius 1 is 1.27 bits per heavy atom. The highest BCUT2D eigenvalue weighted by atomic mass is 19.3. The van der Waals surface area contributed by atoms with E-state index in [1.54, 1.807) is 13.0 Å². The molecule has 1 aliphatic rings. The van der Waals surface area contributed by atoms with Gasteiger partial charge in [-0.2, -0.15) is 0 Å². The van der Waals surface area contributed by atoms with Gasteiger partial charge < -0.3 is 4.74 Å². The van der Waals surface area contributed by atoms with E-state index in [2.05, 4.69) is 6.58 Å². The highest BCUT2D eigenvalue weighted by Gasteiger charge is 2.84. The fourth-order valence-electron chi connectivity index (χ4n) is 3.19. The van der Waals surface area contributed by atoms with E-state index in [0.717, 1.165) is 0 Å². The third kappa shape index (κ3) is 2.68. The molecule has 1 aliphatic carbocycles. The summed E-state index contributed by atoms with van der Waals surface area (Å²) in [5.74, 6) is -2.56. The normalized spacial score (nSPS) is 24.3. The van der Waals surface area contributed by atoms with E-state index in [9.17, 15) is 22.4 Å². The first-order valence-electron chi connectivity index (χ1n) is 7.14. The number of hydrogen-bond donors (Lipinski definition) is 0. The maximum Gasteiger partial charge on any atom is 0.311 e. The second-order valence-corrected chi connectivity index (χ2v) is 6.14. The average Bonchev–Trinajstić information content (AvgIpc) is 2.94. The van der Waals surface area contributed by atoms with Crippen molar-refractivity contribution in [2.75, 3.05) is 0 Å². The van der Waals surface area contributed by atoms with Gasteiger partial charge in [0.2, 0.25) is 0 Å². The van der Waals surface area contributed by atoms with E-state index >= 15 is 0 Å². The molecule has 0 heterocycles. The van der Waals surface area contributed by atoms with Crippen LogP contribution in [0.25, 0.3) is 0 Å². The highest BCUT2D eigenvalue weighted by Crippen LogP contribution is 2.74. The summed E-state index contributed by atoms with van der Waals surface area (Å²) < 4.78 is 58.0. The van der Waals surface area contributed by atoms with E-state index in [-0.39, 0.29) is 0 Å². The van der Waals surface area contributed by atoms with Gasteiger partial charge in [-0.15, -0.1) is 0 Å². The highest BCUT2D eigenvalue weighted by molar-refractivity contribution is 5.80.